The Balaban J connectivity index is 1.75. The minimum absolute atomic E-state index is 0.116. The lowest BCUT2D eigenvalue weighted by atomic mass is 10.2. The van der Waals surface area contributed by atoms with Crippen LogP contribution in [0.5, 0.6) is 5.75 Å². The van der Waals surface area contributed by atoms with Crippen LogP contribution in [0.4, 0.5) is 5.69 Å². The van der Waals surface area contributed by atoms with E-state index in [9.17, 15) is 13.2 Å². The van der Waals surface area contributed by atoms with Crippen molar-refractivity contribution in [1.82, 2.24) is 4.72 Å². The first kappa shape index (κ1) is 15.0. The summed E-state index contributed by atoms with van der Waals surface area (Å²) < 4.78 is 32.4. The largest absolute Gasteiger partial charge is 0.491 e. The van der Waals surface area contributed by atoms with E-state index in [2.05, 4.69) is 10.0 Å². The molecule has 2 heterocycles. The van der Waals surface area contributed by atoms with Gasteiger partial charge in [0.1, 0.15) is 9.96 Å². The molecule has 8 heteroatoms. The van der Waals surface area contributed by atoms with E-state index in [-0.39, 0.29) is 16.7 Å². The zero-order valence-corrected chi connectivity index (χ0v) is 13.2. The van der Waals surface area contributed by atoms with Gasteiger partial charge in [0.05, 0.1) is 18.7 Å². The predicted octanol–water partition coefficient (Wildman–Crippen LogP) is 1.95. The van der Waals surface area contributed by atoms with Gasteiger partial charge in [0.25, 0.3) is 0 Å². The third kappa shape index (κ3) is 3.29. The molecule has 3 rings (SSSR count). The molecule has 0 fully saturated rings. The summed E-state index contributed by atoms with van der Waals surface area (Å²) in [6.45, 7) is 0.479. The summed E-state index contributed by atoms with van der Waals surface area (Å²) in [5, 5.41) is 4.46. The van der Waals surface area contributed by atoms with E-state index in [0.29, 0.717) is 24.5 Å². The van der Waals surface area contributed by atoms with Gasteiger partial charge >= 0.3 is 0 Å². The van der Waals surface area contributed by atoms with Gasteiger partial charge in [0.15, 0.2) is 0 Å². The SMILES string of the molecule is O=C1CCOc2ccc(CNS(=O)(=O)c3cccs3)cc2N1. The van der Waals surface area contributed by atoms with Crippen LogP contribution in [0.25, 0.3) is 0 Å². The Morgan fingerprint density at radius 2 is 2.18 bits per heavy atom. The zero-order valence-electron chi connectivity index (χ0n) is 11.5. The summed E-state index contributed by atoms with van der Waals surface area (Å²) >= 11 is 1.16. The molecule has 2 N–H and O–H groups in total. The highest BCUT2D eigenvalue weighted by Crippen LogP contribution is 2.28. The van der Waals surface area contributed by atoms with Crippen LogP contribution in [0.2, 0.25) is 0 Å². The molecule has 1 aliphatic rings. The Labute approximate surface area is 132 Å². The van der Waals surface area contributed by atoms with Crippen molar-refractivity contribution in [2.45, 2.75) is 17.2 Å². The van der Waals surface area contributed by atoms with E-state index in [1.807, 2.05) is 0 Å². The Kier molecular flexibility index (Phi) is 4.14. The molecule has 0 atom stereocenters. The van der Waals surface area contributed by atoms with E-state index in [1.165, 1.54) is 0 Å². The number of thiophene rings is 1. The molecule has 0 bridgehead atoms. The minimum Gasteiger partial charge on any atom is -0.491 e. The van der Waals surface area contributed by atoms with Crippen LogP contribution >= 0.6 is 11.3 Å². The van der Waals surface area contributed by atoms with E-state index >= 15 is 0 Å². The second kappa shape index (κ2) is 6.07. The first-order valence-electron chi connectivity index (χ1n) is 6.63. The monoisotopic (exact) mass is 338 g/mol. The van der Waals surface area contributed by atoms with Gasteiger partial charge < -0.3 is 10.1 Å². The third-order valence-electron chi connectivity index (χ3n) is 3.13. The highest BCUT2D eigenvalue weighted by atomic mass is 32.2. The second-order valence-corrected chi connectivity index (χ2v) is 7.68. The van der Waals surface area contributed by atoms with Gasteiger partial charge in [0.2, 0.25) is 15.9 Å². The summed E-state index contributed by atoms with van der Waals surface area (Å²) in [6.07, 6.45) is 0.301. The van der Waals surface area contributed by atoms with E-state index < -0.39 is 10.0 Å². The number of ether oxygens (including phenoxy) is 1. The van der Waals surface area contributed by atoms with Crippen LogP contribution in [0.3, 0.4) is 0 Å². The zero-order chi connectivity index (χ0) is 15.6. The van der Waals surface area contributed by atoms with Crippen molar-refractivity contribution >= 4 is 33.0 Å². The summed E-state index contributed by atoms with van der Waals surface area (Å²) in [6, 6.07) is 8.46. The summed E-state index contributed by atoms with van der Waals surface area (Å²) in [5.41, 5.74) is 1.31. The van der Waals surface area contributed by atoms with Gasteiger partial charge in [0, 0.05) is 6.54 Å². The third-order valence-corrected chi connectivity index (χ3v) is 5.93. The second-order valence-electron chi connectivity index (χ2n) is 4.73. The molecule has 22 heavy (non-hydrogen) atoms. The van der Waals surface area contributed by atoms with E-state index in [4.69, 9.17) is 4.74 Å². The predicted molar refractivity (Wildman–Crippen MR) is 83.5 cm³/mol. The van der Waals surface area contributed by atoms with Crippen molar-refractivity contribution in [2.75, 3.05) is 11.9 Å². The molecule has 116 valence electrons. The topological polar surface area (TPSA) is 84.5 Å². The highest BCUT2D eigenvalue weighted by Gasteiger charge is 2.17. The van der Waals surface area contributed by atoms with Gasteiger partial charge in [-0.25, -0.2) is 13.1 Å². The normalized spacial score (nSPS) is 14.6. The van der Waals surface area contributed by atoms with Crippen molar-refractivity contribution in [2.24, 2.45) is 0 Å². The number of hydrogen-bond donors (Lipinski definition) is 2. The molecule has 0 saturated heterocycles. The molecule has 0 saturated carbocycles. The average molecular weight is 338 g/mol. The number of carbonyl (C=O) groups is 1. The van der Waals surface area contributed by atoms with Crippen LogP contribution in [0, 0.1) is 0 Å². The van der Waals surface area contributed by atoms with Crippen molar-refractivity contribution in [3.8, 4) is 5.75 Å². The van der Waals surface area contributed by atoms with E-state index in [0.717, 1.165) is 16.9 Å². The molecule has 2 aromatic rings. The Hall–Kier alpha value is -1.90. The van der Waals surface area contributed by atoms with Gasteiger partial charge in [-0.05, 0) is 29.1 Å². The number of amides is 1. The lowest BCUT2D eigenvalue weighted by molar-refractivity contribution is -0.116. The summed E-state index contributed by atoms with van der Waals surface area (Å²) in [7, 11) is -3.50. The number of rotatable bonds is 4. The number of nitrogens with one attached hydrogen (secondary N) is 2. The lowest BCUT2D eigenvalue weighted by Crippen LogP contribution is -2.22. The molecule has 0 aliphatic carbocycles. The fourth-order valence-electron chi connectivity index (χ4n) is 2.04. The number of hydrogen-bond acceptors (Lipinski definition) is 5. The quantitative estimate of drug-likeness (QED) is 0.892. The molecular weight excluding hydrogens is 324 g/mol. The maximum absolute atomic E-state index is 12.1. The number of fused-ring (bicyclic) bond motifs is 1. The van der Waals surface area contributed by atoms with Crippen molar-refractivity contribution in [1.29, 1.82) is 0 Å². The minimum atomic E-state index is -3.50. The molecule has 6 nitrogen and oxygen atoms in total. The van der Waals surface area contributed by atoms with Crippen LogP contribution in [-0.4, -0.2) is 20.9 Å². The Bertz CT molecular complexity index is 785. The molecule has 1 amide bonds. The molecule has 0 unspecified atom stereocenters. The Morgan fingerprint density at radius 1 is 1.32 bits per heavy atom. The molecule has 1 aromatic carbocycles. The van der Waals surface area contributed by atoms with Crippen molar-refractivity contribution < 1.29 is 17.9 Å². The number of benzene rings is 1. The molecule has 1 aromatic heterocycles. The average Bonchev–Trinajstić information content (AvgIpc) is 2.96. The molecule has 0 radical (unpaired) electrons. The summed E-state index contributed by atoms with van der Waals surface area (Å²) in [4.78, 5) is 11.5. The van der Waals surface area contributed by atoms with Crippen molar-refractivity contribution in [3.05, 3.63) is 41.3 Å². The Morgan fingerprint density at radius 3 is 2.95 bits per heavy atom. The van der Waals surface area contributed by atoms with Crippen LogP contribution in [0.1, 0.15) is 12.0 Å². The first-order chi connectivity index (χ1) is 10.5. The lowest BCUT2D eigenvalue weighted by Gasteiger charge is -2.10. The highest BCUT2D eigenvalue weighted by molar-refractivity contribution is 7.91. The van der Waals surface area contributed by atoms with Gasteiger partial charge in [-0.3, -0.25) is 4.79 Å². The number of sulfonamides is 1. The van der Waals surface area contributed by atoms with Gasteiger partial charge in [-0.1, -0.05) is 12.1 Å². The van der Waals surface area contributed by atoms with Gasteiger partial charge in [-0.15, -0.1) is 11.3 Å². The van der Waals surface area contributed by atoms with E-state index in [1.54, 1.807) is 35.7 Å². The smallest absolute Gasteiger partial charge is 0.250 e. The first-order valence-corrected chi connectivity index (χ1v) is 9.00. The fraction of sp³-hybridized carbons (Fsp3) is 0.214. The number of carbonyl (C=O) groups excluding carboxylic acids is 1. The fourth-order valence-corrected chi connectivity index (χ4v) is 4.10. The van der Waals surface area contributed by atoms with Crippen LogP contribution in [-0.2, 0) is 21.4 Å². The molecular formula is C14H14N2O4S2. The van der Waals surface area contributed by atoms with Crippen molar-refractivity contribution in [3.63, 3.8) is 0 Å². The van der Waals surface area contributed by atoms with Crippen LogP contribution in [0.15, 0.2) is 39.9 Å². The molecule has 0 spiro atoms. The van der Waals surface area contributed by atoms with Gasteiger partial charge in [-0.2, -0.15) is 0 Å². The maximum atomic E-state index is 12.1. The maximum Gasteiger partial charge on any atom is 0.250 e. The van der Waals surface area contributed by atoms with Crippen LogP contribution < -0.4 is 14.8 Å². The number of anilines is 1. The molecule has 1 aliphatic heterocycles. The summed E-state index contributed by atoms with van der Waals surface area (Å²) in [5.74, 6) is 0.478. The standard InChI is InChI=1S/C14H14N2O4S2/c17-13-5-6-20-12-4-3-10(8-11(12)16-13)9-15-22(18,19)14-2-1-7-21-14/h1-4,7-8,15H,5-6,9H2,(H,16,17).